The number of benzene rings is 1. The van der Waals surface area contributed by atoms with E-state index in [9.17, 15) is 27.9 Å². The highest BCUT2D eigenvalue weighted by atomic mass is 32.2. The van der Waals surface area contributed by atoms with Gasteiger partial charge in [0.2, 0.25) is 15.9 Å². The second-order valence-electron chi connectivity index (χ2n) is 8.02. The van der Waals surface area contributed by atoms with Crippen LogP contribution >= 0.6 is 0 Å². The zero-order valence-electron chi connectivity index (χ0n) is 19.3. The smallest absolute Gasteiger partial charge is 0.328 e. The Bertz CT molecular complexity index is 989. The van der Waals surface area contributed by atoms with E-state index in [0.717, 1.165) is 17.1 Å². The first-order chi connectivity index (χ1) is 16.6. The first-order valence-corrected chi connectivity index (χ1v) is 12.8. The summed E-state index contributed by atoms with van der Waals surface area (Å²) in [6.45, 7) is 0.711. The number of nitrogens with zero attached hydrogens (tertiary/aromatic N) is 1. The Kier molecular flexibility index (Phi) is 10.7. The van der Waals surface area contributed by atoms with Crippen molar-refractivity contribution in [1.29, 1.82) is 5.41 Å². The summed E-state index contributed by atoms with van der Waals surface area (Å²) in [4.78, 5) is 36.4. The van der Waals surface area contributed by atoms with Crippen LogP contribution in [0.25, 0.3) is 0 Å². The fraction of sp³-hybridized carbons (Fsp3) is 0.524. The summed E-state index contributed by atoms with van der Waals surface area (Å²) in [7, 11) is -3.91. The van der Waals surface area contributed by atoms with Crippen molar-refractivity contribution in [2.24, 2.45) is 5.73 Å². The molecular weight excluding hydrogens is 478 g/mol. The Morgan fingerprint density at radius 1 is 1.09 bits per heavy atom. The molecule has 0 saturated carbocycles. The lowest BCUT2D eigenvalue weighted by Gasteiger charge is -2.25. The maximum atomic E-state index is 12.9. The summed E-state index contributed by atoms with van der Waals surface area (Å²) in [5.41, 5.74) is 5.18. The van der Waals surface area contributed by atoms with Crippen LogP contribution in [0.5, 0.6) is 0 Å². The van der Waals surface area contributed by atoms with Crippen molar-refractivity contribution >= 4 is 33.9 Å². The molecule has 1 aliphatic rings. The van der Waals surface area contributed by atoms with E-state index >= 15 is 0 Å². The van der Waals surface area contributed by atoms with Gasteiger partial charge in [0.15, 0.2) is 5.96 Å². The quantitative estimate of drug-likeness (QED) is 0.103. The Balaban J connectivity index is 1.82. The molecule has 1 fully saturated rings. The minimum atomic E-state index is -3.91. The van der Waals surface area contributed by atoms with Crippen LogP contribution in [0.2, 0.25) is 0 Å². The van der Waals surface area contributed by atoms with Crippen molar-refractivity contribution in [2.75, 3.05) is 26.2 Å². The number of aliphatic carboxylic acids is 1. The molecule has 2 atom stereocenters. The number of unbranched alkanes of at least 4 members (excludes halogenated alkanes) is 2. The molecule has 0 aromatic heterocycles. The van der Waals surface area contributed by atoms with Crippen LogP contribution in [-0.4, -0.2) is 80.0 Å². The van der Waals surface area contributed by atoms with Gasteiger partial charge in [0, 0.05) is 19.6 Å². The fourth-order valence-electron chi connectivity index (χ4n) is 3.59. The Labute approximate surface area is 204 Å². The number of carboxylic acids is 1. The van der Waals surface area contributed by atoms with Crippen molar-refractivity contribution in [3.05, 3.63) is 30.3 Å². The number of amides is 3. The van der Waals surface area contributed by atoms with Crippen molar-refractivity contribution in [2.45, 2.75) is 49.1 Å². The van der Waals surface area contributed by atoms with E-state index in [2.05, 4.69) is 21.3 Å². The molecular formula is C21H33N7O6S. The van der Waals surface area contributed by atoms with Gasteiger partial charge < -0.3 is 32.1 Å². The molecule has 1 aromatic rings. The Hall–Kier alpha value is -3.39. The number of carboxylic acid groups (broad SMARTS) is 1. The Morgan fingerprint density at radius 2 is 1.74 bits per heavy atom. The molecule has 0 radical (unpaired) electrons. The summed E-state index contributed by atoms with van der Waals surface area (Å²) in [5.74, 6) is -2.18. The number of nitrogens with one attached hydrogen (secondary N) is 5. The molecule has 8 N–H and O–H groups in total. The molecule has 1 aliphatic heterocycles. The zero-order chi connectivity index (χ0) is 25.8. The maximum absolute atomic E-state index is 12.9. The molecule has 1 saturated heterocycles. The molecule has 35 heavy (non-hydrogen) atoms. The van der Waals surface area contributed by atoms with Gasteiger partial charge in [0.05, 0.1) is 11.4 Å². The topological polar surface area (TPSA) is 207 Å². The van der Waals surface area contributed by atoms with E-state index < -0.39 is 40.0 Å². The van der Waals surface area contributed by atoms with Crippen LogP contribution in [0, 0.1) is 5.41 Å². The average Bonchev–Trinajstić information content (AvgIpc) is 3.32. The van der Waals surface area contributed by atoms with Crippen molar-refractivity contribution in [1.82, 2.24) is 25.6 Å². The lowest BCUT2D eigenvalue weighted by atomic mass is 10.2. The van der Waals surface area contributed by atoms with Crippen LogP contribution in [0.15, 0.2) is 35.2 Å². The molecule has 194 valence electrons. The zero-order valence-corrected chi connectivity index (χ0v) is 20.1. The van der Waals surface area contributed by atoms with Crippen LogP contribution in [0.1, 0.15) is 32.1 Å². The van der Waals surface area contributed by atoms with Crippen molar-refractivity contribution in [3.8, 4) is 0 Å². The van der Waals surface area contributed by atoms with Crippen LogP contribution < -0.4 is 27.0 Å². The summed E-state index contributed by atoms with van der Waals surface area (Å²) < 4.78 is 27.0. The molecule has 0 aliphatic carbocycles. The summed E-state index contributed by atoms with van der Waals surface area (Å²) >= 11 is 0. The number of carbonyl (C=O) groups excluding carboxylic acids is 2. The number of hydrogen-bond donors (Lipinski definition) is 7. The van der Waals surface area contributed by atoms with E-state index in [1.807, 2.05) is 0 Å². The highest BCUT2D eigenvalue weighted by Gasteiger charge is 2.40. The van der Waals surface area contributed by atoms with Gasteiger partial charge in [0.25, 0.3) is 0 Å². The van der Waals surface area contributed by atoms with E-state index in [1.54, 1.807) is 18.2 Å². The lowest BCUT2D eigenvalue weighted by Crippen LogP contribution is -2.54. The molecule has 2 unspecified atom stereocenters. The van der Waals surface area contributed by atoms with E-state index in [1.165, 1.54) is 12.1 Å². The van der Waals surface area contributed by atoms with E-state index in [0.29, 0.717) is 25.9 Å². The van der Waals surface area contributed by atoms with Crippen molar-refractivity contribution < 1.29 is 27.9 Å². The van der Waals surface area contributed by atoms with E-state index in [-0.39, 0.29) is 30.4 Å². The second-order valence-corrected chi connectivity index (χ2v) is 9.91. The van der Waals surface area contributed by atoms with Gasteiger partial charge in [-0.3, -0.25) is 10.2 Å². The molecule has 0 bridgehead atoms. The molecule has 3 amide bonds. The minimum absolute atomic E-state index is 0.0583. The molecule has 1 aromatic carbocycles. The molecule has 13 nitrogen and oxygen atoms in total. The number of sulfonamides is 1. The normalized spacial score (nSPS) is 16.7. The minimum Gasteiger partial charge on any atom is -0.480 e. The van der Waals surface area contributed by atoms with Crippen molar-refractivity contribution in [3.63, 3.8) is 0 Å². The first kappa shape index (κ1) is 27.9. The number of hydrogen-bond acceptors (Lipinski definition) is 6. The molecule has 14 heteroatoms. The highest BCUT2D eigenvalue weighted by Crippen LogP contribution is 2.26. The first-order valence-electron chi connectivity index (χ1n) is 11.3. The SMILES string of the molecule is N=C(N)NCCCCCNC(=O)NCC(NC(=O)C1CCCN1S(=O)(=O)c1ccccc1)C(=O)O. The number of rotatable bonds is 13. The number of carbonyl (C=O) groups is 3. The third-order valence-corrected chi connectivity index (χ3v) is 7.31. The third kappa shape index (κ3) is 8.72. The largest absolute Gasteiger partial charge is 0.480 e. The highest BCUT2D eigenvalue weighted by molar-refractivity contribution is 7.89. The number of nitrogens with two attached hydrogens (primary N) is 1. The number of urea groups is 1. The van der Waals surface area contributed by atoms with Crippen LogP contribution in [-0.2, 0) is 19.6 Å². The van der Waals surface area contributed by atoms with Gasteiger partial charge in [-0.1, -0.05) is 18.2 Å². The summed E-state index contributed by atoms with van der Waals surface area (Å²) in [6.07, 6.45) is 2.97. The monoisotopic (exact) mass is 511 g/mol. The lowest BCUT2D eigenvalue weighted by molar-refractivity contribution is -0.142. The average molecular weight is 512 g/mol. The van der Waals surface area contributed by atoms with Crippen LogP contribution in [0.4, 0.5) is 4.79 Å². The van der Waals surface area contributed by atoms with Gasteiger partial charge in [-0.15, -0.1) is 0 Å². The molecule has 2 rings (SSSR count). The van der Waals surface area contributed by atoms with Gasteiger partial charge in [-0.05, 0) is 44.2 Å². The number of guanidine groups is 1. The Morgan fingerprint density at radius 3 is 2.37 bits per heavy atom. The standard InChI is InChI=1S/C21H33N7O6S/c22-20(23)24-11-5-2-6-12-25-21(32)26-14-16(19(30)31)27-18(29)17-10-7-13-28(17)35(33,34)15-8-3-1-4-9-15/h1,3-4,8-9,16-17H,2,5-7,10-14H2,(H,27,29)(H,30,31)(H4,22,23,24)(H2,25,26,32). The summed E-state index contributed by atoms with van der Waals surface area (Å²) in [6, 6.07) is 4.69. The van der Waals surface area contributed by atoms with E-state index in [4.69, 9.17) is 11.1 Å². The van der Waals surface area contributed by atoms with Gasteiger partial charge in [0.1, 0.15) is 12.1 Å². The van der Waals surface area contributed by atoms with Crippen LogP contribution in [0.3, 0.4) is 0 Å². The predicted octanol–water partition coefficient (Wildman–Crippen LogP) is -0.638. The third-order valence-electron chi connectivity index (χ3n) is 5.39. The van der Waals surface area contributed by atoms with Gasteiger partial charge in [-0.2, -0.15) is 4.31 Å². The van der Waals surface area contributed by atoms with Gasteiger partial charge >= 0.3 is 12.0 Å². The molecule has 0 spiro atoms. The maximum Gasteiger partial charge on any atom is 0.328 e. The predicted molar refractivity (Wildman–Crippen MR) is 128 cm³/mol. The van der Waals surface area contributed by atoms with Gasteiger partial charge in [-0.25, -0.2) is 18.0 Å². The second kappa shape index (κ2) is 13.5. The summed E-state index contributed by atoms with van der Waals surface area (Å²) in [5, 5.41) is 26.5. The fourth-order valence-corrected chi connectivity index (χ4v) is 5.27. The molecule has 1 heterocycles.